The lowest BCUT2D eigenvalue weighted by molar-refractivity contribution is 0.504. The van der Waals surface area contributed by atoms with Crippen molar-refractivity contribution in [3.8, 4) is 0 Å². The molecule has 2 N–H and O–H groups in total. The van der Waals surface area contributed by atoms with Gasteiger partial charge in [-0.05, 0) is 36.1 Å². The Morgan fingerprint density at radius 3 is 2.81 bits per heavy atom. The zero-order valence-electron chi connectivity index (χ0n) is 17.5. The first-order chi connectivity index (χ1) is 14.6. The molecule has 10 heteroatoms. The summed E-state index contributed by atoms with van der Waals surface area (Å²) in [6, 6.07) is 7.79. The van der Waals surface area contributed by atoms with Crippen molar-refractivity contribution in [2.24, 2.45) is 4.99 Å². The molecule has 0 radical (unpaired) electrons. The van der Waals surface area contributed by atoms with Gasteiger partial charge in [0.15, 0.2) is 17.6 Å². The van der Waals surface area contributed by atoms with Gasteiger partial charge in [-0.25, -0.2) is 8.78 Å². The Hall–Kier alpha value is -2.08. The Balaban J connectivity index is 0.00000341. The number of benzene rings is 1. The van der Waals surface area contributed by atoms with E-state index in [0.717, 1.165) is 24.7 Å². The van der Waals surface area contributed by atoms with Crippen LogP contribution in [0.25, 0.3) is 0 Å². The summed E-state index contributed by atoms with van der Waals surface area (Å²) in [6.07, 6.45) is 3.37. The number of hydrogen-bond donors (Lipinski definition) is 2. The van der Waals surface area contributed by atoms with Gasteiger partial charge in [0.2, 0.25) is 0 Å². The number of nitrogens with one attached hydrogen (secondary N) is 2. The maximum Gasteiger partial charge on any atom is 0.191 e. The maximum absolute atomic E-state index is 13.6. The summed E-state index contributed by atoms with van der Waals surface area (Å²) in [5.74, 6) is -0.161. The number of guanidine groups is 1. The third-order valence-corrected chi connectivity index (χ3v) is 5.60. The molecule has 0 aliphatic carbocycles. The van der Waals surface area contributed by atoms with Crippen LogP contribution < -0.4 is 10.6 Å². The first-order valence-electron chi connectivity index (χ1n) is 9.95. The van der Waals surface area contributed by atoms with Crippen LogP contribution in [-0.2, 0) is 19.4 Å². The van der Waals surface area contributed by atoms with Gasteiger partial charge in [0.1, 0.15) is 12.2 Å². The molecule has 0 spiro atoms. The van der Waals surface area contributed by atoms with Gasteiger partial charge in [-0.15, -0.1) is 45.5 Å². The normalized spacial score (nSPS) is 12.3. The average Bonchev–Trinajstić information content (AvgIpc) is 3.41. The van der Waals surface area contributed by atoms with Gasteiger partial charge in [-0.1, -0.05) is 19.1 Å². The van der Waals surface area contributed by atoms with Crippen LogP contribution in [0.2, 0.25) is 0 Å². The molecule has 0 aliphatic heterocycles. The van der Waals surface area contributed by atoms with E-state index < -0.39 is 11.6 Å². The molecule has 1 atom stereocenters. The Kier molecular flexibility index (Phi) is 10.3. The summed E-state index contributed by atoms with van der Waals surface area (Å²) < 4.78 is 28.8. The van der Waals surface area contributed by atoms with E-state index in [1.165, 1.54) is 10.9 Å². The first kappa shape index (κ1) is 25.2. The maximum atomic E-state index is 13.6. The number of aryl methyl sites for hydroxylation is 1. The van der Waals surface area contributed by atoms with E-state index in [4.69, 9.17) is 0 Å². The molecule has 1 unspecified atom stereocenters. The van der Waals surface area contributed by atoms with Crippen LogP contribution in [0.3, 0.4) is 0 Å². The Bertz CT molecular complexity index is 961. The van der Waals surface area contributed by atoms with Crippen molar-refractivity contribution in [1.82, 2.24) is 25.4 Å². The van der Waals surface area contributed by atoms with Crippen molar-refractivity contribution >= 4 is 41.3 Å². The van der Waals surface area contributed by atoms with Crippen LogP contribution in [0.1, 0.15) is 36.2 Å². The predicted molar refractivity (Wildman–Crippen MR) is 131 cm³/mol. The molecular weight excluding hydrogens is 533 g/mol. The molecule has 168 valence electrons. The summed E-state index contributed by atoms with van der Waals surface area (Å²) in [5.41, 5.74) is 0.647. The molecule has 0 saturated carbocycles. The van der Waals surface area contributed by atoms with Gasteiger partial charge in [-0.2, -0.15) is 0 Å². The minimum Gasteiger partial charge on any atom is -0.355 e. The fraction of sp³-hybridized carbons (Fsp3) is 0.381. The fourth-order valence-corrected chi connectivity index (χ4v) is 3.69. The number of hydrogen-bond acceptors (Lipinski definition) is 4. The van der Waals surface area contributed by atoms with Crippen LogP contribution >= 0.6 is 35.3 Å². The Morgan fingerprint density at radius 2 is 2.10 bits per heavy atom. The lowest BCUT2D eigenvalue weighted by Gasteiger charge is -2.19. The van der Waals surface area contributed by atoms with Crippen LogP contribution in [0, 0.1) is 11.6 Å². The van der Waals surface area contributed by atoms with Gasteiger partial charge in [0, 0.05) is 37.4 Å². The SMILES string of the molecule is CCc1nncn1CCNC(=NCCc1cccs1)NC(C)c1ccc(F)c(F)c1.I. The highest BCUT2D eigenvalue weighted by molar-refractivity contribution is 14.0. The Morgan fingerprint density at radius 1 is 1.26 bits per heavy atom. The van der Waals surface area contributed by atoms with E-state index in [1.54, 1.807) is 23.7 Å². The topological polar surface area (TPSA) is 67.1 Å². The van der Waals surface area contributed by atoms with Crippen LogP contribution in [-0.4, -0.2) is 33.8 Å². The predicted octanol–water partition coefficient (Wildman–Crippen LogP) is 4.34. The van der Waals surface area contributed by atoms with Crippen LogP contribution in [0.15, 0.2) is 47.0 Å². The van der Waals surface area contributed by atoms with E-state index in [2.05, 4.69) is 31.9 Å². The van der Waals surface area contributed by atoms with E-state index in [9.17, 15) is 8.78 Å². The first-order valence-corrected chi connectivity index (χ1v) is 10.8. The summed E-state index contributed by atoms with van der Waals surface area (Å²) in [4.78, 5) is 5.93. The summed E-state index contributed by atoms with van der Waals surface area (Å²) in [6.45, 7) is 5.86. The van der Waals surface area contributed by atoms with Gasteiger partial charge in [-0.3, -0.25) is 4.99 Å². The monoisotopic (exact) mass is 560 g/mol. The number of aromatic nitrogens is 3. The quantitative estimate of drug-likeness (QED) is 0.232. The molecule has 0 saturated heterocycles. The minimum atomic E-state index is -0.856. The second-order valence-corrected chi connectivity index (χ2v) is 7.85. The number of aliphatic imine (C=N–C) groups is 1. The number of thiophene rings is 1. The molecular formula is C21H27F2IN6S. The summed E-state index contributed by atoms with van der Waals surface area (Å²) in [5, 5.41) is 16.7. The fourth-order valence-electron chi connectivity index (χ4n) is 2.99. The number of nitrogens with zero attached hydrogens (tertiary/aromatic N) is 4. The average molecular weight is 560 g/mol. The molecule has 0 fully saturated rings. The second-order valence-electron chi connectivity index (χ2n) is 6.82. The summed E-state index contributed by atoms with van der Waals surface area (Å²) in [7, 11) is 0. The zero-order chi connectivity index (χ0) is 21.3. The van der Waals surface area contributed by atoms with Crippen LogP contribution in [0.5, 0.6) is 0 Å². The van der Waals surface area contributed by atoms with Crippen molar-refractivity contribution in [3.05, 3.63) is 69.9 Å². The zero-order valence-corrected chi connectivity index (χ0v) is 20.7. The number of rotatable bonds is 9. The lowest BCUT2D eigenvalue weighted by atomic mass is 10.1. The highest BCUT2D eigenvalue weighted by Crippen LogP contribution is 2.16. The van der Waals surface area contributed by atoms with Crippen LogP contribution in [0.4, 0.5) is 8.78 Å². The van der Waals surface area contributed by atoms with Gasteiger partial charge < -0.3 is 15.2 Å². The lowest BCUT2D eigenvalue weighted by Crippen LogP contribution is -2.40. The van der Waals surface area contributed by atoms with Gasteiger partial charge in [0.05, 0.1) is 6.04 Å². The molecule has 1 aromatic carbocycles. The van der Waals surface area contributed by atoms with E-state index in [0.29, 0.717) is 31.2 Å². The molecule has 0 bridgehead atoms. The van der Waals surface area contributed by atoms with E-state index in [-0.39, 0.29) is 30.0 Å². The molecule has 0 aliphatic rings. The Labute approximate surface area is 202 Å². The van der Waals surface area contributed by atoms with Gasteiger partial charge in [0.25, 0.3) is 0 Å². The third-order valence-electron chi connectivity index (χ3n) is 4.66. The van der Waals surface area contributed by atoms with E-state index >= 15 is 0 Å². The molecule has 2 heterocycles. The molecule has 6 nitrogen and oxygen atoms in total. The van der Waals surface area contributed by atoms with Crippen molar-refractivity contribution in [3.63, 3.8) is 0 Å². The highest BCUT2D eigenvalue weighted by atomic mass is 127. The molecule has 3 aromatic rings. The molecule has 3 rings (SSSR count). The van der Waals surface area contributed by atoms with Crippen molar-refractivity contribution in [1.29, 1.82) is 0 Å². The smallest absolute Gasteiger partial charge is 0.191 e. The summed E-state index contributed by atoms with van der Waals surface area (Å²) >= 11 is 1.70. The minimum absolute atomic E-state index is 0. The van der Waals surface area contributed by atoms with E-state index in [1.807, 2.05) is 29.9 Å². The van der Waals surface area contributed by atoms with Crippen molar-refractivity contribution in [2.75, 3.05) is 13.1 Å². The highest BCUT2D eigenvalue weighted by Gasteiger charge is 2.11. The second kappa shape index (κ2) is 12.7. The van der Waals surface area contributed by atoms with Crippen molar-refractivity contribution in [2.45, 2.75) is 39.3 Å². The van der Waals surface area contributed by atoms with Gasteiger partial charge >= 0.3 is 0 Å². The number of halogens is 3. The molecule has 31 heavy (non-hydrogen) atoms. The largest absolute Gasteiger partial charge is 0.355 e. The third kappa shape index (κ3) is 7.53. The molecule has 0 amide bonds. The van der Waals surface area contributed by atoms with Crippen molar-refractivity contribution < 1.29 is 8.78 Å². The molecule has 2 aromatic heterocycles. The standard InChI is InChI=1S/C21H26F2N6S.HI/c1-3-20-28-26-14-29(20)11-10-25-21(24-9-8-17-5-4-12-30-17)27-15(2)16-6-7-18(22)19(23)13-16;/h4-7,12-15H,3,8-11H2,1-2H3,(H2,24,25,27);1H.